The van der Waals surface area contributed by atoms with Crippen LogP contribution in [-0.4, -0.2) is 23.9 Å². The summed E-state index contributed by atoms with van der Waals surface area (Å²) in [7, 11) is 0. The van der Waals surface area contributed by atoms with Crippen molar-refractivity contribution >= 4 is 0 Å². The summed E-state index contributed by atoms with van der Waals surface area (Å²) in [5.41, 5.74) is 1.21. The van der Waals surface area contributed by atoms with Crippen molar-refractivity contribution in [1.29, 1.82) is 0 Å². The average Bonchev–Trinajstić information content (AvgIpc) is 2.72. The van der Waals surface area contributed by atoms with Crippen LogP contribution in [0.1, 0.15) is 32.6 Å². The second-order valence-corrected chi connectivity index (χ2v) is 4.22. The molecule has 0 amide bonds. The molecule has 0 aromatic carbocycles. The molecular formula is C11H18O2. The maximum Gasteiger partial charge on any atom is 0.101 e. The van der Waals surface area contributed by atoms with E-state index in [0.29, 0.717) is 5.92 Å². The summed E-state index contributed by atoms with van der Waals surface area (Å²) < 4.78 is 5.55. The molecule has 0 spiro atoms. The molecule has 0 bridgehead atoms. The topological polar surface area (TPSA) is 29.5 Å². The SMILES string of the molecule is CC1CCOC1C(O)C1=CCCC1. The van der Waals surface area contributed by atoms with Gasteiger partial charge in [0.2, 0.25) is 0 Å². The molecule has 2 heteroatoms. The van der Waals surface area contributed by atoms with Crippen LogP contribution in [0.5, 0.6) is 0 Å². The predicted molar refractivity (Wildman–Crippen MR) is 51.5 cm³/mol. The number of hydrogen-bond acceptors (Lipinski definition) is 2. The number of hydrogen-bond donors (Lipinski definition) is 1. The lowest BCUT2D eigenvalue weighted by molar-refractivity contribution is 0.000799. The average molecular weight is 182 g/mol. The highest BCUT2D eigenvalue weighted by Crippen LogP contribution is 2.30. The Balaban J connectivity index is 1.99. The van der Waals surface area contributed by atoms with Crippen LogP contribution in [0.25, 0.3) is 0 Å². The van der Waals surface area contributed by atoms with Crippen molar-refractivity contribution in [2.24, 2.45) is 5.92 Å². The number of ether oxygens (including phenoxy) is 1. The molecule has 1 heterocycles. The number of aliphatic hydroxyl groups is 1. The molecule has 3 unspecified atom stereocenters. The van der Waals surface area contributed by atoms with E-state index in [2.05, 4.69) is 13.0 Å². The summed E-state index contributed by atoms with van der Waals surface area (Å²) >= 11 is 0. The molecule has 2 aliphatic rings. The first-order chi connectivity index (χ1) is 6.29. The minimum Gasteiger partial charge on any atom is -0.386 e. The number of aliphatic hydroxyl groups excluding tert-OH is 1. The second kappa shape index (κ2) is 3.81. The molecule has 1 saturated heterocycles. The molecule has 0 aromatic rings. The van der Waals surface area contributed by atoms with Gasteiger partial charge in [0.05, 0.1) is 6.10 Å². The Bertz CT molecular complexity index is 210. The van der Waals surface area contributed by atoms with Crippen LogP contribution in [-0.2, 0) is 4.74 Å². The molecule has 0 radical (unpaired) electrons. The van der Waals surface area contributed by atoms with Gasteiger partial charge in [0.25, 0.3) is 0 Å². The molecule has 3 atom stereocenters. The third kappa shape index (κ3) is 1.79. The zero-order valence-electron chi connectivity index (χ0n) is 8.20. The highest BCUT2D eigenvalue weighted by molar-refractivity contribution is 5.15. The molecule has 1 N–H and O–H groups in total. The smallest absolute Gasteiger partial charge is 0.101 e. The largest absolute Gasteiger partial charge is 0.386 e. The fraction of sp³-hybridized carbons (Fsp3) is 0.818. The van der Waals surface area contributed by atoms with E-state index in [1.165, 1.54) is 12.0 Å². The van der Waals surface area contributed by atoms with Crippen molar-refractivity contribution in [2.75, 3.05) is 6.61 Å². The van der Waals surface area contributed by atoms with Crippen LogP contribution in [0.3, 0.4) is 0 Å². The number of rotatable bonds is 2. The van der Waals surface area contributed by atoms with Gasteiger partial charge in [-0.2, -0.15) is 0 Å². The standard InChI is InChI=1S/C11H18O2/c1-8-6-7-13-11(8)10(12)9-4-2-3-5-9/h4,8,10-12H,2-3,5-7H2,1H3. The summed E-state index contributed by atoms with van der Waals surface area (Å²) in [6.07, 6.45) is 6.40. The summed E-state index contributed by atoms with van der Waals surface area (Å²) in [4.78, 5) is 0. The first-order valence-corrected chi connectivity index (χ1v) is 5.27. The molecule has 1 aliphatic carbocycles. The highest BCUT2D eigenvalue weighted by Gasteiger charge is 2.33. The minimum atomic E-state index is -0.333. The monoisotopic (exact) mass is 182 g/mol. The Morgan fingerprint density at radius 2 is 2.46 bits per heavy atom. The summed E-state index contributed by atoms with van der Waals surface area (Å²) in [6, 6.07) is 0. The van der Waals surface area contributed by atoms with E-state index in [1.807, 2.05) is 0 Å². The minimum absolute atomic E-state index is 0.0596. The summed E-state index contributed by atoms with van der Waals surface area (Å²) in [6.45, 7) is 2.98. The van der Waals surface area contributed by atoms with Crippen LogP contribution in [0.2, 0.25) is 0 Å². The van der Waals surface area contributed by atoms with Crippen LogP contribution in [0.15, 0.2) is 11.6 Å². The quantitative estimate of drug-likeness (QED) is 0.661. The van der Waals surface area contributed by atoms with Gasteiger partial charge in [-0.25, -0.2) is 0 Å². The van der Waals surface area contributed by atoms with E-state index in [9.17, 15) is 5.11 Å². The summed E-state index contributed by atoms with van der Waals surface area (Å²) in [5, 5.41) is 10.0. The molecule has 74 valence electrons. The van der Waals surface area contributed by atoms with Crippen molar-refractivity contribution in [2.45, 2.75) is 44.8 Å². The van der Waals surface area contributed by atoms with Gasteiger partial charge in [-0.1, -0.05) is 13.0 Å². The van der Waals surface area contributed by atoms with Crippen molar-refractivity contribution in [3.05, 3.63) is 11.6 Å². The van der Waals surface area contributed by atoms with Gasteiger partial charge in [-0.15, -0.1) is 0 Å². The molecule has 2 nitrogen and oxygen atoms in total. The van der Waals surface area contributed by atoms with Crippen LogP contribution in [0, 0.1) is 5.92 Å². The van der Waals surface area contributed by atoms with Crippen molar-refractivity contribution < 1.29 is 9.84 Å². The van der Waals surface area contributed by atoms with Gasteiger partial charge in [-0.3, -0.25) is 0 Å². The normalized spacial score (nSPS) is 36.3. The van der Waals surface area contributed by atoms with Crippen LogP contribution >= 0.6 is 0 Å². The molecule has 1 aliphatic heterocycles. The van der Waals surface area contributed by atoms with Crippen molar-refractivity contribution in [3.63, 3.8) is 0 Å². The van der Waals surface area contributed by atoms with Crippen molar-refractivity contribution in [3.8, 4) is 0 Å². The Labute approximate surface area is 79.6 Å². The lowest BCUT2D eigenvalue weighted by Crippen LogP contribution is -2.31. The van der Waals surface area contributed by atoms with Gasteiger partial charge in [0, 0.05) is 6.61 Å². The lowest BCUT2D eigenvalue weighted by atomic mass is 9.94. The Morgan fingerprint density at radius 1 is 1.62 bits per heavy atom. The van der Waals surface area contributed by atoms with E-state index in [-0.39, 0.29) is 12.2 Å². The van der Waals surface area contributed by atoms with Gasteiger partial charge in [0.15, 0.2) is 0 Å². The van der Waals surface area contributed by atoms with Gasteiger partial charge < -0.3 is 9.84 Å². The van der Waals surface area contributed by atoms with Gasteiger partial charge >= 0.3 is 0 Å². The predicted octanol–water partition coefficient (Wildman–Crippen LogP) is 1.88. The first-order valence-electron chi connectivity index (χ1n) is 5.27. The van der Waals surface area contributed by atoms with Gasteiger partial charge in [-0.05, 0) is 37.2 Å². The third-order valence-corrected chi connectivity index (χ3v) is 3.21. The Kier molecular flexibility index (Phi) is 2.70. The highest BCUT2D eigenvalue weighted by atomic mass is 16.5. The maximum atomic E-state index is 10.0. The third-order valence-electron chi connectivity index (χ3n) is 3.21. The maximum absolute atomic E-state index is 10.0. The zero-order valence-corrected chi connectivity index (χ0v) is 8.20. The Morgan fingerprint density at radius 3 is 3.00 bits per heavy atom. The number of allylic oxidation sites excluding steroid dienone is 1. The molecule has 0 saturated carbocycles. The second-order valence-electron chi connectivity index (χ2n) is 4.22. The molecular weight excluding hydrogens is 164 g/mol. The molecule has 2 rings (SSSR count). The van der Waals surface area contributed by atoms with E-state index in [0.717, 1.165) is 25.9 Å². The van der Waals surface area contributed by atoms with Gasteiger partial charge in [0.1, 0.15) is 6.10 Å². The zero-order chi connectivity index (χ0) is 9.26. The van der Waals surface area contributed by atoms with E-state index < -0.39 is 0 Å². The molecule has 13 heavy (non-hydrogen) atoms. The summed E-state index contributed by atoms with van der Waals surface area (Å²) in [5.74, 6) is 0.511. The Hall–Kier alpha value is -0.340. The lowest BCUT2D eigenvalue weighted by Gasteiger charge is -2.22. The van der Waals surface area contributed by atoms with Crippen LogP contribution < -0.4 is 0 Å². The van der Waals surface area contributed by atoms with Crippen molar-refractivity contribution in [1.82, 2.24) is 0 Å². The fourth-order valence-electron chi connectivity index (χ4n) is 2.30. The first kappa shape index (κ1) is 9.22. The van der Waals surface area contributed by atoms with E-state index in [4.69, 9.17) is 4.74 Å². The van der Waals surface area contributed by atoms with E-state index >= 15 is 0 Å². The fourth-order valence-corrected chi connectivity index (χ4v) is 2.30. The van der Waals surface area contributed by atoms with E-state index in [1.54, 1.807) is 0 Å². The van der Waals surface area contributed by atoms with Crippen LogP contribution in [0.4, 0.5) is 0 Å². The molecule has 0 aromatic heterocycles. The molecule has 1 fully saturated rings.